The van der Waals surface area contributed by atoms with E-state index in [9.17, 15) is 4.79 Å². The Morgan fingerprint density at radius 3 is 2.50 bits per heavy atom. The lowest BCUT2D eigenvalue weighted by Crippen LogP contribution is -2.14. The van der Waals surface area contributed by atoms with Gasteiger partial charge in [-0.2, -0.15) is 5.10 Å². The number of hydrogen-bond donors (Lipinski definition) is 0. The van der Waals surface area contributed by atoms with E-state index in [2.05, 4.69) is 5.10 Å². The van der Waals surface area contributed by atoms with E-state index in [4.69, 9.17) is 25.8 Å². The van der Waals surface area contributed by atoms with Crippen molar-refractivity contribution in [3.63, 3.8) is 0 Å². The molecule has 3 aromatic rings. The Morgan fingerprint density at radius 2 is 1.77 bits per heavy atom. The van der Waals surface area contributed by atoms with Crippen molar-refractivity contribution in [1.29, 1.82) is 0 Å². The largest absolute Gasteiger partial charge is 0.493 e. The highest BCUT2D eigenvalue weighted by molar-refractivity contribution is 6.32. The van der Waals surface area contributed by atoms with Crippen LogP contribution in [0.15, 0.2) is 60.8 Å². The molecule has 0 amide bonds. The summed E-state index contributed by atoms with van der Waals surface area (Å²) >= 11 is 6.00. The van der Waals surface area contributed by atoms with Gasteiger partial charge in [0, 0.05) is 0 Å². The number of halogens is 1. The molecule has 0 radical (unpaired) electrons. The second-order valence-corrected chi connectivity index (χ2v) is 5.65. The zero-order valence-corrected chi connectivity index (χ0v) is 14.8. The Bertz CT molecular complexity index is 880. The predicted octanol–water partition coefficient (Wildman–Crippen LogP) is 3.77. The third kappa shape index (κ3) is 4.15. The molecule has 0 saturated heterocycles. The minimum atomic E-state index is -0.584. The SMILES string of the molecule is COc1cn(-c2ccccc2)nc1C(=O)OCCOc1ccccc1Cl. The van der Waals surface area contributed by atoms with Crippen LogP contribution in [0.25, 0.3) is 5.69 Å². The van der Waals surface area contributed by atoms with Crippen LogP contribution in [0.1, 0.15) is 10.5 Å². The maximum absolute atomic E-state index is 12.3. The van der Waals surface area contributed by atoms with Gasteiger partial charge in [0.1, 0.15) is 19.0 Å². The summed E-state index contributed by atoms with van der Waals surface area (Å²) in [7, 11) is 1.48. The summed E-state index contributed by atoms with van der Waals surface area (Å²) in [6.07, 6.45) is 1.63. The molecular weight excluding hydrogens is 356 g/mol. The van der Waals surface area contributed by atoms with Crippen LogP contribution in [0.5, 0.6) is 11.5 Å². The second kappa shape index (κ2) is 8.40. The van der Waals surface area contributed by atoms with E-state index in [1.807, 2.05) is 42.5 Å². The summed E-state index contributed by atoms with van der Waals surface area (Å²) in [6.45, 7) is 0.239. The molecule has 0 unspecified atom stereocenters. The zero-order chi connectivity index (χ0) is 18.4. The lowest BCUT2D eigenvalue weighted by molar-refractivity contribution is 0.0440. The molecule has 134 valence electrons. The molecule has 0 bridgehead atoms. The lowest BCUT2D eigenvalue weighted by Gasteiger charge is -2.08. The molecule has 7 heteroatoms. The number of ether oxygens (including phenoxy) is 3. The number of benzene rings is 2. The molecule has 0 fully saturated rings. The van der Waals surface area contributed by atoms with Gasteiger partial charge in [0.2, 0.25) is 5.69 Å². The zero-order valence-electron chi connectivity index (χ0n) is 14.1. The van der Waals surface area contributed by atoms with E-state index < -0.39 is 5.97 Å². The minimum absolute atomic E-state index is 0.0609. The third-order valence-electron chi connectivity index (χ3n) is 3.53. The average Bonchev–Trinajstić information content (AvgIpc) is 3.12. The van der Waals surface area contributed by atoms with E-state index >= 15 is 0 Å². The van der Waals surface area contributed by atoms with Gasteiger partial charge in [0.05, 0.1) is 24.0 Å². The molecule has 0 saturated carbocycles. The van der Waals surface area contributed by atoms with Gasteiger partial charge in [-0.3, -0.25) is 0 Å². The van der Waals surface area contributed by atoms with Gasteiger partial charge < -0.3 is 14.2 Å². The van der Waals surface area contributed by atoms with Gasteiger partial charge in [0.15, 0.2) is 5.75 Å². The number of carbonyl (C=O) groups is 1. The molecule has 0 atom stereocenters. The normalized spacial score (nSPS) is 10.4. The molecule has 26 heavy (non-hydrogen) atoms. The number of esters is 1. The van der Waals surface area contributed by atoms with Crippen molar-refractivity contribution in [2.75, 3.05) is 20.3 Å². The van der Waals surface area contributed by atoms with Gasteiger partial charge in [-0.25, -0.2) is 9.48 Å². The number of aromatic nitrogens is 2. The standard InChI is InChI=1S/C19H17ClN2O4/c1-24-17-13-22(14-7-3-2-4-8-14)21-18(17)19(23)26-12-11-25-16-10-6-5-9-15(16)20/h2-10,13H,11-12H2,1H3. The number of nitrogens with zero attached hydrogens (tertiary/aromatic N) is 2. The first kappa shape index (κ1) is 17.8. The first-order chi connectivity index (χ1) is 12.7. The van der Waals surface area contributed by atoms with Crippen LogP contribution in [0.3, 0.4) is 0 Å². The van der Waals surface area contributed by atoms with Crippen molar-refractivity contribution < 1.29 is 19.0 Å². The van der Waals surface area contributed by atoms with Gasteiger partial charge in [-0.15, -0.1) is 0 Å². The minimum Gasteiger partial charge on any atom is -0.493 e. The van der Waals surface area contributed by atoms with Crippen molar-refractivity contribution in [2.45, 2.75) is 0 Å². The number of carbonyl (C=O) groups excluding carboxylic acids is 1. The predicted molar refractivity (Wildman–Crippen MR) is 97.3 cm³/mol. The molecule has 6 nitrogen and oxygen atoms in total. The number of rotatable bonds is 7. The van der Waals surface area contributed by atoms with E-state index in [-0.39, 0.29) is 18.9 Å². The van der Waals surface area contributed by atoms with Crippen molar-refractivity contribution in [3.05, 3.63) is 71.5 Å². The maximum Gasteiger partial charge on any atom is 0.362 e. The summed E-state index contributed by atoms with van der Waals surface area (Å²) in [5.41, 5.74) is 0.918. The average molecular weight is 373 g/mol. The van der Waals surface area contributed by atoms with Crippen LogP contribution in [-0.2, 0) is 4.74 Å². The number of methoxy groups -OCH3 is 1. The molecule has 0 N–H and O–H groups in total. The highest BCUT2D eigenvalue weighted by Crippen LogP contribution is 2.23. The Morgan fingerprint density at radius 1 is 1.04 bits per heavy atom. The fraction of sp³-hybridized carbons (Fsp3) is 0.158. The van der Waals surface area contributed by atoms with Gasteiger partial charge >= 0.3 is 5.97 Å². The highest BCUT2D eigenvalue weighted by Gasteiger charge is 2.19. The van der Waals surface area contributed by atoms with Crippen molar-refractivity contribution in [3.8, 4) is 17.2 Å². The lowest BCUT2D eigenvalue weighted by atomic mass is 10.3. The molecule has 3 rings (SSSR count). The Hall–Kier alpha value is -2.99. The quantitative estimate of drug-likeness (QED) is 0.466. The maximum atomic E-state index is 12.3. The van der Waals surface area contributed by atoms with Crippen LogP contribution in [-0.4, -0.2) is 36.1 Å². The van der Waals surface area contributed by atoms with Crippen LogP contribution < -0.4 is 9.47 Å². The van der Waals surface area contributed by atoms with Crippen LogP contribution in [0, 0.1) is 0 Å². The Kier molecular flexibility index (Phi) is 5.76. The third-order valence-corrected chi connectivity index (χ3v) is 3.84. The second-order valence-electron chi connectivity index (χ2n) is 5.24. The molecule has 1 heterocycles. The topological polar surface area (TPSA) is 62.6 Å². The molecule has 0 aliphatic heterocycles. The van der Waals surface area contributed by atoms with Crippen LogP contribution in [0.4, 0.5) is 0 Å². The van der Waals surface area contributed by atoms with Crippen molar-refractivity contribution in [1.82, 2.24) is 9.78 Å². The van der Waals surface area contributed by atoms with Crippen LogP contribution >= 0.6 is 11.6 Å². The first-order valence-corrected chi connectivity index (χ1v) is 8.30. The fourth-order valence-electron chi connectivity index (χ4n) is 2.28. The molecular formula is C19H17ClN2O4. The summed E-state index contributed by atoms with van der Waals surface area (Å²) in [5.74, 6) is 0.293. The first-order valence-electron chi connectivity index (χ1n) is 7.92. The molecule has 0 aliphatic carbocycles. The van der Waals surface area contributed by atoms with Crippen LogP contribution in [0.2, 0.25) is 5.02 Å². The summed E-state index contributed by atoms with van der Waals surface area (Å²) < 4.78 is 17.5. The molecule has 0 spiro atoms. The molecule has 1 aromatic heterocycles. The fourth-order valence-corrected chi connectivity index (χ4v) is 2.47. The number of para-hydroxylation sites is 2. The summed E-state index contributed by atoms with van der Waals surface area (Å²) in [6, 6.07) is 16.5. The van der Waals surface area contributed by atoms with Gasteiger partial charge in [0.25, 0.3) is 0 Å². The van der Waals surface area contributed by atoms with Gasteiger partial charge in [-0.05, 0) is 24.3 Å². The van der Waals surface area contributed by atoms with E-state index in [1.54, 1.807) is 23.0 Å². The van der Waals surface area contributed by atoms with Crippen molar-refractivity contribution >= 4 is 17.6 Å². The van der Waals surface area contributed by atoms with E-state index in [0.29, 0.717) is 16.5 Å². The molecule has 0 aliphatic rings. The van der Waals surface area contributed by atoms with E-state index in [1.165, 1.54) is 7.11 Å². The summed E-state index contributed by atoms with van der Waals surface area (Å²) in [5, 5.41) is 4.76. The van der Waals surface area contributed by atoms with Crippen molar-refractivity contribution in [2.24, 2.45) is 0 Å². The van der Waals surface area contributed by atoms with Gasteiger partial charge in [-0.1, -0.05) is 41.9 Å². The highest BCUT2D eigenvalue weighted by atomic mass is 35.5. The Labute approximate surface area is 155 Å². The molecule has 2 aromatic carbocycles. The summed E-state index contributed by atoms with van der Waals surface area (Å²) in [4.78, 5) is 12.3. The number of hydrogen-bond acceptors (Lipinski definition) is 5. The smallest absolute Gasteiger partial charge is 0.362 e. The van der Waals surface area contributed by atoms with E-state index in [0.717, 1.165) is 5.69 Å². The monoisotopic (exact) mass is 372 g/mol. The Balaban J connectivity index is 1.61.